The molecule has 0 saturated heterocycles. The Hall–Kier alpha value is -2.16. The van der Waals surface area contributed by atoms with Gasteiger partial charge in [0.25, 0.3) is 0 Å². The molecule has 1 heterocycles. The first-order chi connectivity index (χ1) is 10.5. The van der Waals surface area contributed by atoms with Gasteiger partial charge in [0.15, 0.2) is 0 Å². The number of hydrogen-bond donors (Lipinski definition) is 1. The number of ether oxygens (including phenoxy) is 1. The topological polar surface area (TPSA) is 32.7 Å². The van der Waals surface area contributed by atoms with E-state index in [-0.39, 0.29) is 11.9 Å². The number of rotatable bonds is 3. The van der Waals surface area contributed by atoms with Crippen LogP contribution in [0.4, 0.5) is 5.69 Å². The van der Waals surface area contributed by atoms with E-state index in [1.54, 1.807) is 12.1 Å². The number of fused-ring (bicyclic) bond motifs is 1. The summed E-state index contributed by atoms with van der Waals surface area (Å²) in [5.41, 5.74) is 3.68. The van der Waals surface area contributed by atoms with E-state index in [0.29, 0.717) is 5.92 Å². The summed E-state index contributed by atoms with van der Waals surface area (Å²) in [6.45, 7) is 5.26. The van der Waals surface area contributed by atoms with Gasteiger partial charge in [-0.15, -0.1) is 0 Å². The Morgan fingerprint density at radius 1 is 1.18 bits per heavy atom. The third-order valence-corrected chi connectivity index (χ3v) is 4.24. The number of phenols is 1. The van der Waals surface area contributed by atoms with Crippen molar-refractivity contribution in [3.8, 4) is 11.5 Å². The maximum absolute atomic E-state index is 9.63. The first-order valence-electron chi connectivity index (χ1n) is 7.82. The van der Waals surface area contributed by atoms with Crippen LogP contribution in [0.5, 0.6) is 11.5 Å². The summed E-state index contributed by atoms with van der Waals surface area (Å²) in [6, 6.07) is 14.1. The molecular weight excluding hydrogens is 274 g/mol. The molecule has 0 saturated carbocycles. The van der Waals surface area contributed by atoms with Crippen molar-refractivity contribution in [2.24, 2.45) is 0 Å². The van der Waals surface area contributed by atoms with Crippen LogP contribution in [0.1, 0.15) is 30.9 Å². The van der Waals surface area contributed by atoms with Crippen LogP contribution < -0.4 is 9.64 Å². The molecule has 22 heavy (non-hydrogen) atoms. The van der Waals surface area contributed by atoms with Gasteiger partial charge >= 0.3 is 0 Å². The van der Waals surface area contributed by atoms with Crippen LogP contribution in [0.15, 0.2) is 42.5 Å². The van der Waals surface area contributed by atoms with Crippen molar-refractivity contribution in [3.63, 3.8) is 0 Å². The molecular formula is C19H23NO2. The molecule has 0 bridgehead atoms. The largest absolute Gasteiger partial charge is 0.508 e. The van der Waals surface area contributed by atoms with Crippen LogP contribution in [0.2, 0.25) is 0 Å². The molecule has 0 aliphatic carbocycles. The van der Waals surface area contributed by atoms with Crippen LogP contribution in [-0.2, 0) is 6.42 Å². The first kappa shape index (κ1) is 14.8. The quantitative estimate of drug-likeness (QED) is 0.931. The monoisotopic (exact) mass is 297 g/mol. The van der Waals surface area contributed by atoms with E-state index < -0.39 is 0 Å². The summed E-state index contributed by atoms with van der Waals surface area (Å²) < 4.78 is 6.06. The van der Waals surface area contributed by atoms with Gasteiger partial charge in [0.2, 0.25) is 0 Å². The lowest BCUT2D eigenvalue weighted by Crippen LogP contribution is -2.38. The van der Waals surface area contributed by atoms with E-state index in [1.807, 2.05) is 6.07 Å². The molecule has 0 spiro atoms. The van der Waals surface area contributed by atoms with Gasteiger partial charge in [-0.25, -0.2) is 0 Å². The first-order valence-corrected chi connectivity index (χ1v) is 7.82. The minimum absolute atomic E-state index is 0.101. The summed E-state index contributed by atoms with van der Waals surface area (Å²) >= 11 is 0. The summed E-state index contributed by atoms with van der Waals surface area (Å²) in [7, 11) is 2.06. The highest BCUT2D eigenvalue weighted by Crippen LogP contribution is 2.35. The van der Waals surface area contributed by atoms with Crippen LogP contribution >= 0.6 is 0 Å². The summed E-state index contributed by atoms with van der Waals surface area (Å²) in [6.07, 6.45) is 0.974. The summed E-state index contributed by atoms with van der Waals surface area (Å²) in [5.74, 6) is 1.56. The Morgan fingerprint density at radius 2 is 1.91 bits per heavy atom. The second-order valence-corrected chi connectivity index (χ2v) is 6.37. The second-order valence-electron chi connectivity index (χ2n) is 6.37. The zero-order valence-electron chi connectivity index (χ0n) is 13.4. The van der Waals surface area contributed by atoms with Gasteiger partial charge in [-0.05, 0) is 29.2 Å². The Bertz CT molecular complexity index is 649. The van der Waals surface area contributed by atoms with Crippen LogP contribution in [0.25, 0.3) is 0 Å². The molecule has 0 fully saturated rings. The number of likely N-dealkylation sites (N-methyl/N-ethyl adjacent to an activating group) is 1. The number of anilines is 1. The zero-order chi connectivity index (χ0) is 15.7. The third-order valence-electron chi connectivity index (χ3n) is 4.24. The molecule has 1 aliphatic heterocycles. The molecule has 3 rings (SSSR count). The van der Waals surface area contributed by atoms with Crippen LogP contribution in [-0.4, -0.2) is 24.8 Å². The highest BCUT2D eigenvalue weighted by atomic mass is 16.5. The predicted molar refractivity (Wildman–Crippen MR) is 90.0 cm³/mol. The Kier molecular flexibility index (Phi) is 3.97. The van der Waals surface area contributed by atoms with Crippen LogP contribution in [0.3, 0.4) is 0 Å². The molecule has 3 heteroatoms. The Balaban J connectivity index is 1.74. The molecule has 1 aliphatic rings. The van der Waals surface area contributed by atoms with Gasteiger partial charge in [0, 0.05) is 19.5 Å². The van der Waals surface area contributed by atoms with Gasteiger partial charge in [0.05, 0.1) is 12.2 Å². The van der Waals surface area contributed by atoms with Crippen LogP contribution in [0, 0.1) is 0 Å². The highest BCUT2D eigenvalue weighted by molar-refractivity contribution is 5.62. The van der Waals surface area contributed by atoms with Gasteiger partial charge in [-0.2, -0.15) is 0 Å². The molecule has 2 aromatic carbocycles. The maximum atomic E-state index is 9.63. The fourth-order valence-corrected chi connectivity index (χ4v) is 2.94. The molecule has 1 atom stereocenters. The highest BCUT2D eigenvalue weighted by Gasteiger charge is 2.24. The summed E-state index contributed by atoms with van der Waals surface area (Å²) in [5, 5.41) is 9.63. The Labute approximate surface area is 132 Å². The molecule has 0 amide bonds. The second kappa shape index (κ2) is 5.91. The van der Waals surface area contributed by atoms with Crippen molar-refractivity contribution in [1.82, 2.24) is 0 Å². The number of hydrogen-bond acceptors (Lipinski definition) is 3. The molecule has 1 unspecified atom stereocenters. The lowest BCUT2D eigenvalue weighted by Gasteiger charge is -2.34. The molecule has 116 valence electrons. The van der Waals surface area contributed by atoms with Crippen molar-refractivity contribution in [2.75, 3.05) is 18.5 Å². The zero-order valence-corrected chi connectivity index (χ0v) is 13.4. The van der Waals surface area contributed by atoms with E-state index in [9.17, 15) is 5.11 Å². The smallest absolute Gasteiger partial charge is 0.146 e. The fourth-order valence-electron chi connectivity index (χ4n) is 2.94. The maximum Gasteiger partial charge on any atom is 0.146 e. The van der Waals surface area contributed by atoms with Crippen molar-refractivity contribution >= 4 is 5.69 Å². The van der Waals surface area contributed by atoms with E-state index in [4.69, 9.17) is 4.74 Å². The minimum Gasteiger partial charge on any atom is -0.508 e. The molecule has 3 nitrogen and oxygen atoms in total. The average molecular weight is 297 g/mol. The number of nitrogens with zero attached hydrogens (tertiary/aromatic N) is 1. The van der Waals surface area contributed by atoms with E-state index in [2.05, 4.69) is 50.1 Å². The minimum atomic E-state index is 0.101. The molecule has 0 aromatic heterocycles. The van der Waals surface area contributed by atoms with Gasteiger partial charge in [0.1, 0.15) is 17.6 Å². The lowest BCUT2D eigenvalue weighted by molar-refractivity contribution is 0.195. The standard InChI is InChI=1S/C19H23NO2/c1-13(2)15-6-4-14(5-7-15)10-17-12-20(3)18-9-8-16(21)11-19(18)22-17/h4-9,11,13,17,21H,10,12H2,1-3H3. The van der Waals surface area contributed by atoms with Gasteiger partial charge < -0.3 is 14.7 Å². The summed E-state index contributed by atoms with van der Waals surface area (Å²) in [4.78, 5) is 2.19. The van der Waals surface area contributed by atoms with Gasteiger partial charge in [-0.1, -0.05) is 38.1 Å². The fraction of sp³-hybridized carbons (Fsp3) is 0.368. The van der Waals surface area contributed by atoms with Crippen molar-refractivity contribution in [3.05, 3.63) is 53.6 Å². The average Bonchev–Trinajstić information content (AvgIpc) is 2.47. The number of phenolic OH excluding ortho intramolecular Hbond substituents is 1. The normalized spacial score (nSPS) is 17.3. The van der Waals surface area contributed by atoms with E-state index in [0.717, 1.165) is 24.4 Å². The molecule has 1 N–H and O–H groups in total. The number of aromatic hydroxyl groups is 1. The van der Waals surface area contributed by atoms with Gasteiger partial charge in [-0.3, -0.25) is 0 Å². The Morgan fingerprint density at radius 3 is 2.59 bits per heavy atom. The molecule has 2 aromatic rings. The molecule has 0 radical (unpaired) electrons. The van der Waals surface area contributed by atoms with Crippen molar-refractivity contribution in [1.29, 1.82) is 0 Å². The predicted octanol–water partition coefficient (Wildman–Crippen LogP) is 3.96. The van der Waals surface area contributed by atoms with Crippen molar-refractivity contribution < 1.29 is 9.84 Å². The van der Waals surface area contributed by atoms with Crippen molar-refractivity contribution in [2.45, 2.75) is 32.3 Å². The number of benzene rings is 2. The third kappa shape index (κ3) is 3.03. The lowest BCUT2D eigenvalue weighted by atomic mass is 9.99. The SMILES string of the molecule is CC(C)c1ccc(CC2CN(C)c3ccc(O)cc3O2)cc1. The van der Waals surface area contributed by atoms with E-state index in [1.165, 1.54) is 11.1 Å². The van der Waals surface area contributed by atoms with E-state index >= 15 is 0 Å².